The lowest BCUT2D eigenvalue weighted by Crippen LogP contribution is -2.36. The van der Waals surface area contributed by atoms with Crippen molar-refractivity contribution in [3.63, 3.8) is 0 Å². The van der Waals surface area contributed by atoms with E-state index in [1.54, 1.807) is 30.3 Å². The number of benzene rings is 2. The van der Waals surface area contributed by atoms with E-state index in [1.165, 1.54) is 18.3 Å². The lowest BCUT2D eigenvalue weighted by Gasteiger charge is -2.29. The molecule has 1 saturated heterocycles. The lowest BCUT2D eigenvalue weighted by atomic mass is 10.1. The van der Waals surface area contributed by atoms with Crippen molar-refractivity contribution < 1.29 is 18.9 Å². The number of fused-ring (bicyclic) bond motifs is 1. The van der Waals surface area contributed by atoms with Gasteiger partial charge >= 0.3 is 5.91 Å². The van der Waals surface area contributed by atoms with Crippen molar-refractivity contribution >= 4 is 46.1 Å². The summed E-state index contributed by atoms with van der Waals surface area (Å²) in [5.41, 5.74) is 4.16. The maximum absolute atomic E-state index is 12.4. The molecule has 0 spiro atoms. The van der Waals surface area contributed by atoms with Crippen LogP contribution in [0.4, 0.5) is 11.4 Å². The summed E-state index contributed by atoms with van der Waals surface area (Å²) in [5, 5.41) is 16.4. The topological polar surface area (TPSA) is 110 Å². The van der Waals surface area contributed by atoms with Crippen LogP contribution in [0.2, 0.25) is 5.02 Å². The van der Waals surface area contributed by atoms with Crippen LogP contribution in [0.1, 0.15) is 16.1 Å². The zero-order valence-electron chi connectivity index (χ0n) is 15.7. The van der Waals surface area contributed by atoms with Crippen LogP contribution in [0.15, 0.2) is 52.0 Å². The highest BCUT2D eigenvalue weighted by atomic mass is 35.5. The normalized spacial score (nSPS) is 14.4. The lowest BCUT2D eigenvalue weighted by molar-refractivity contribution is -0.384. The van der Waals surface area contributed by atoms with Crippen molar-refractivity contribution in [3.05, 3.63) is 68.9 Å². The molecule has 0 unspecified atom stereocenters. The molecule has 154 valence electrons. The summed E-state index contributed by atoms with van der Waals surface area (Å²) in [6.07, 6.45) is 1.38. The Labute approximate surface area is 176 Å². The molecular formula is C20H17ClN4O5. The first-order chi connectivity index (χ1) is 14.5. The molecule has 1 amide bonds. The number of nitrogens with one attached hydrogen (secondary N) is 1. The van der Waals surface area contributed by atoms with E-state index >= 15 is 0 Å². The minimum atomic E-state index is -0.545. The highest BCUT2D eigenvalue weighted by Gasteiger charge is 2.17. The van der Waals surface area contributed by atoms with Gasteiger partial charge in [0.1, 0.15) is 5.58 Å². The average Bonchev–Trinajstić information content (AvgIpc) is 3.17. The number of ether oxygens (including phenoxy) is 1. The van der Waals surface area contributed by atoms with Gasteiger partial charge < -0.3 is 14.1 Å². The predicted molar refractivity (Wildman–Crippen MR) is 112 cm³/mol. The van der Waals surface area contributed by atoms with Gasteiger partial charge in [0.05, 0.1) is 24.4 Å². The summed E-state index contributed by atoms with van der Waals surface area (Å²) in [5.74, 6) is -0.464. The van der Waals surface area contributed by atoms with Crippen LogP contribution in [0, 0.1) is 10.1 Å². The third kappa shape index (κ3) is 4.27. The highest BCUT2D eigenvalue weighted by Crippen LogP contribution is 2.25. The standard InChI is InChI=1S/C20H17ClN4O5/c21-15-1-4-18-13(9-15)11-19(30-18)20(26)23-22-12-14-10-16(25(27)28)2-3-17(14)24-5-7-29-8-6-24/h1-4,9-12H,5-8H2,(H,23,26)/b22-12-. The number of rotatable bonds is 5. The minimum Gasteiger partial charge on any atom is -0.451 e. The predicted octanol–water partition coefficient (Wildman–Crippen LogP) is 3.59. The number of non-ortho nitro benzene ring substituents is 1. The molecule has 0 atom stereocenters. The van der Waals surface area contributed by atoms with Gasteiger partial charge in [-0.3, -0.25) is 14.9 Å². The molecule has 0 saturated carbocycles. The number of furan rings is 1. The van der Waals surface area contributed by atoms with Gasteiger partial charge in [0.2, 0.25) is 0 Å². The zero-order chi connectivity index (χ0) is 21.1. The van der Waals surface area contributed by atoms with Gasteiger partial charge in [-0.25, -0.2) is 5.43 Å². The van der Waals surface area contributed by atoms with Crippen molar-refractivity contribution in [2.45, 2.75) is 0 Å². The van der Waals surface area contributed by atoms with Gasteiger partial charge in [0, 0.05) is 46.9 Å². The molecule has 9 nitrogen and oxygen atoms in total. The second kappa shape index (κ2) is 8.52. The van der Waals surface area contributed by atoms with Crippen molar-refractivity contribution in [2.75, 3.05) is 31.2 Å². The Hall–Kier alpha value is -3.43. The number of amides is 1. The number of nitro groups is 1. The Balaban J connectivity index is 1.54. The van der Waals surface area contributed by atoms with Crippen LogP contribution in [-0.2, 0) is 4.74 Å². The Bertz CT molecular complexity index is 1140. The number of carbonyl (C=O) groups is 1. The van der Waals surface area contributed by atoms with Crippen molar-refractivity contribution in [1.82, 2.24) is 5.43 Å². The van der Waals surface area contributed by atoms with Crippen molar-refractivity contribution in [1.29, 1.82) is 0 Å². The molecular weight excluding hydrogens is 412 g/mol. The molecule has 1 aliphatic rings. The van der Waals surface area contributed by atoms with E-state index in [9.17, 15) is 14.9 Å². The molecule has 1 aromatic heterocycles. The van der Waals surface area contributed by atoms with Crippen molar-refractivity contribution in [3.8, 4) is 0 Å². The first kappa shape index (κ1) is 19.9. The van der Waals surface area contributed by atoms with Crippen LogP contribution in [-0.4, -0.2) is 43.3 Å². The summed E-state index contributed by atoms with van der Waals surface area (Å²) in [7, 11) is 0. The molecule has 0 aliphatic carbocycles. The summed E-state index contributed by atoms with van der Waals surface area (Å²) in [6, 6.07) is 11.1. The van der Waals surface area contributed by atoms with Gasteiger partial charge in [-0.1, -0.05) is 11.6 Å². The third-order valence-corrected chi connectivity index (χ3v) is 4.88. The maximum atomic E-state index is 12.4. The van der Waals surface area contributed by atoms with Gasteiger partial charge in [0.25, 0.3) is 5.69 Å². The van der Waals surface area contributed by atoms with Crippen LogP contribution >= 0.6 is 11.6 Å². The molecule has 1 fully saturated rings. The second-order valence-electron chi connectivity index (χ2n) is 6.59. The molecule has 4 rings (SSSR count). The smallest absolute Gasteiger partial charge is 0.307 e. The molecule has 0 radical (unpaired) electrons. The Morgan fingerprint density at radius 2 is 2.00 bits per heavy atom. The Kier molecular flexibility index (Phi) is 5.64. The summed E-state index contributed by atoms with van der Waals surface area (Å²) in [4.78, 5) is 25.1. The fourth-order valence-corrected chi connectivity index (χ4v) is 3.37. The number of hydrazone groups is 1. The number of hydrogen-bond acceptors (Lipinski definition) is 7. The van der Waals surface area contributed by atoms with Crippen LogP contribution < -0.4 is 10.3 Å². The molecule has 0 bridgehead atoms. The van der Waals surface area contributed by atoms with Gasteiger partial charge in [-0.05, 0) is 30.3 Å². The molecule has 30 heavy (non-hydrogen) atoms. The highest BCUT2D eigenvalue weighted by molar-refractivity contribution is 6.31. The molecule has 1 aliphatic heterocycles. The summed E-state index contributed by atoms with van der Waals surface area (Å²) >= 11 is 5.95. The fraction of sp³-hybridized carbons (Fsp3) is 0.200. The third-order valence-electron chi connectivity index (χ3n) is 4.65. The Morgan fingerprint density at radius 1 is 1.20 bits per heavy atom. The molecule has 3 aromatic rings. The number of anilines is 1. The monoisotopic (exact) mass is 428 g/mol. The zero-order valence-corrected chi connectivity index (χ0v) is 16.5. The Morgan fingerprint density at radius 3 is 2.77 bits per heavy atom. The first-order valence-electron chi connectivity index (χ1n) is 9.15. The van der Waals surface area contributed by atoms with Crippen LogP contribution in [0.3, 0.4) is 0 Å². The summed E-state index contributed by atoms with van der Waals surface area (Å²) < 4.78 is 10.9. The number of nitrogens with zero attached hydrogens (tertiary/aromatic N) is 3. The molecule has 2 heterocycles. The average molecular weight is 429 g/mol. The quantitative estimate of drug-likeness (QED) is 0.377. The number of carbonyl (C=O) groups excluding carboxylic acids is 1. The number of hydrogen-bond donors (Lipinski definition) is 1. The molecule has 1 N–H and O–H groups in total. The second-order valence-corrected chi connectivity index (χ2v) is 7.03. The summed E-state index contributed by atoms with van der Waals surface area (Å²) in [6.45, 7) is 2.46. The van der Waals surface area contributed by atoms with Crippen LogP contribution in [0.25, 0.3) is 11.0 Å². The van der Waals surface area contributed by atoms with E-state index in [0.717, 1.165) is 5.69 Å². The van der Waals surface area contributed by atoms with Gasteiger partial charge in [-0.15, -0.1) is 0 Å². The number of morpholine rings is 1. The fourth-order valence-electron chi connectivity index (χ4n) is 3.19. The van der Waals surface area contributed by atoms with Crippen molar-refractivity contribution in [2.24, 2.45) is 5.10 Å². The SMILES string of the molecule is O=C(N/N=C\c1cc([N+](=O)[O-])ccc1N1CCOCC1)c1cc2cc(Cl)ccc2o1. The molecule has 2 aromatic carbocycles. The van der Waals surface area contributed by atoms with Gasteiger partial charge in [0.15, 0.2) is 5.76 Å². The van der Waals surface area contributed by atoms with Crippen LogP contribution in [0.5, 0.6) is 0 Å². The molecule has 10 heteroatoms. The van der Waals surface area contributed by atoms with E-state index in [-0.39, 0.29) is 11.4 Å². The number of nitro benzene ring substituents is 1. The van der Waals surface area contributed by atoms with E-state index in [1.807, 2.05) is 0 Å². The van der Waals surface area contributed by atoms with E-state index in [2.05, 4.69) is 15.4 Å². The first-order valence-corrected chi connectivity index (χ1v) is 9.53. The van der Waals surface area contributed by atoms with E-state index in [4.69, 9.17) is 20.8 Å². The minimum absolute atomic E-state index is 0.0612. The maximum Gasteiger partial charge on any atom is 0.307 e. The van der Waals surface area contributed by atoms with E-state index < -0.39 is 10.8 Å². The van der Waals surface area contributed by atoms with Gasteiger partial charge in [-0.2, -0.15) is 5.10 Å². The largest absolute Gasteiger partial charge is 0.451 e. The number of halogens is 1. The van der Waals surface area contributed by atoms with E-state index in [0.29, 0.717) is 47.9 Å².